The van der Waals surface area contributed by atoms with Crippen molar-refractivity contribution in [2.45, 2.75) is 193 Å². The highest BCUT2D eigenvalue weighted by atomic mass is 31.2. The normalized spacial score (nSPS) is 12.5. The Bertz CT molecular complexity index is 891. The highest BCUT2D eigenvalue weighted by Crippen LogP contribution is 2.49. The van der Waals surface area contributed by atoms with Crippen molar-refractivity contribution in [3.8, 4) is 0 Å². The van der Waals surface area contributed by atoms with E-state index in [4.69, 9.17) is 9.05 Å². The molecule has 0 aromatic rings. The molecule has 8 nitrogen and oxygen atoms in total. The van der Waals surface area contributed by atoms with Crippen LogP contribution in [0.15, 0.2) is 0 Å². The third-order valence-corrected chi connectivity index (χ3v) is 11.2. The smallest absolute Gasteiger partial charge is 0.348 e. The largest absolute Gasteiger partial charge is 0.471 e. The third-order valence-electron chi connectivity index (χ3n) is 9.33. The Morgan fingerprint density at radius 2 is 0.759 bits per heavy atom. The maximum atomic E-state index is 14.0. The maximum absolute atomic E-state index is 14.0. The van der Waals surface area contributed by atoms with Crippen molar-refractivity contribution in [3.63, 3.8) is 0 Å². The van der Waals surface area contributed by atoms with Crippen molar-refractivity contribution >= 4 is 19.4 Å². The zero-order valence-corrected chi connectivity index (χ0v) is 34.4. The summed E-state index contributed by atoms with van der Waals surface area (Å²) in [4.78, 5) is 24.1. The van der Waals surface area contributed by atoms with Crippen LogP contribution in [0.2, 0.25) is 0 Å². The number of nitrogens with one attached hydrogen (secondary N) is 2. The van der Waals surface area contributed by atoms with Gasteiger partial charge in [0.2, 0.25) is 0 Å². The van der Waals surface area contributed by atoms with Gasteiger partial charge in [0.05, 0.1) is 13.2 Å². The molecule has 0 spiro atoms. The van der Waals surface area contributed by atoms with Gasteiger partial charge in [0, 0.05) is 26.2 Å². The topological polar surface area (TPSA) is 97.0 Å². The molecule has 0 unspecified atom stereocenters. The Morgan fingerprint density at radius 3 is 1.04 bits per heavy atom. The van der Waals surface area contributed by atoms with Gasteiger partial charge in [-0.1, -0.05) is 155 Å². The van der Waals surface area contributed by atoms with Gasteiger partial charge in [0.15, 0.2) is 0 Å². The molecule has 0 aliphatic heterocycles. The number of carbonyl (C=O) groups is 2. The van der Waals surface area contributed by atoms with Crippen molar-refractivity contribution in [1.29, 1.82) is 0 Å². The SMILES string of the molecule is CCCCCCCCCCCCCCOP(=O)(CN(CCCNC(=O)C(F)(F)F)CCCNC(=O)C(F)(F)F)OCCCCCCCCCCCCCC. The summed E-state index contributed by atoms with van der Waals surface area (Å²) >= 11 is 0. The number of rotatable bonds is 38. The molecule has 0 aliphatic rings. The molecule has 0 bridgehead atoms. The molecule has 0 atom stereocenters. The van der Waals surface area contributed by atoms with Crippen molar-refractivity contribution in [1.82, 2.24) is 15.5 Å². The molecule has 2 amide bonds. The van der Waals surface area contributed by atoms with Gasteiger partial charge in [-0.05, 0) is 25.7 Å². The zero-order chi connectivity index (χ0) is 40.4. The number of hydrogen-bond acceptors (Lipinski definition) is 6. The van der Waals surface area contributed by atoms with E-state index >= 15 is 0 Å². The standard InChI is InChI=1S/C39H74F6N3O5P/c1-3-5-7-9-11-13-15-17-19-21-23-25-33-52-54(51,53-34-26-24-22-20-18-16-14-12-10-8-6-4-2)35-48(31-27-29-46-36(49)38(40,41)42)32-28-30-47-37(50)39(43,44)45/h3-35H2,1-2H3,(H,46,49)(H,47,50). The lowest BCUT2D eigenvalue weighted by molar-refractivity contribution is -0.173. The Hall–Kier alpha value is -1.37. The Balaban J connectivity index is 5.06. The molecule has 2 N–H and O–H groups in total. The second-order valence-electron chi connectivity index (χ2n) is 14.5. The Labute approximate surface area is 322 Å². The monoisotopic (exact) mass is 810 g/mol. The fraction of sp³-hybridized carbons (Fsp3) is 0.949. The number of nitrogens with zero attached hydrogens (tertiary/aromatic N) is 1. The molecule has 0 rings (SSSR count). The van der Waals surface area contributed by atoms with Crippen LogP contribution < -0.4 is 10.6 Å². The molecule has 0 saturated carbocycles. The van der Waals surface area contributed by atoms with E-state index in [1.165, 1.54) is 103 Å². The van der Waals surface area contributed by atoms with E-state index in [9.17, 15) is 40.5 Å². The van der Waals surface area contributed by atoms with Gasteiger partial charge in [-0.25, -0.2) is 0 Å². The van der Waals surface area contributed by atoms with Gasteiger partial charge < -0.3 is 19.7 Å². The summed E-state index contributed by atoms with van der Waals surface area (Å²) in [5.41, 5.74) is 0. The van der Waals surface area contributed by atoms with Gasteiger partial charge >= 0.3 is 31.8 Å². The number of halogens is 6. The molecule has 0 saturated heterocycles. The molecule has 0 aliphatic carbocycles. The van der Waals surface area contributed by atoms with Gasteiger partial charge in [-0.2, -0.15) is 26.3 Å². The lowest BCUT2D eigenvalue weighted by atomic mass is 10.1. The van der Waals surface area contributed by atoms with Gasteiger partial charge in [-0.3, -0.25) is 19.1 Å². The van der Waals surface area contributed by atoms with Crippen LogP contribution in [-0.2, 0) is 23.2 Å². The summed E-state index contributed by atoms with van der Waals surface area (Å²) < 4.78 is 102. The van der Waals surface area contributed by atoms with E-state index < -0.39 is 31.8 Å². The molecule has 0 fully saturated rings. The first-order valence-corrected chi connectivity index (χ1v) is 22.8. The van der Waals surface area contributed by atoms with E-state index in [-0.39, 0.29) is 58.5 Å². The molecular formula is C39H74F6N3O5P. The minimum atomic E-state index is -5.03. The molecule has 54 heavy (non-hydrogen) atoms. The minimum Gasteiger partial charge on any atom is -0.348 e. The first-order chi connectivity index (χ1) is 25.7. The van der Waals surface area contributed by atoms with E-state index in [1.54, 1.807) is 15.5 Å². The number of amides is 2. The molecule has 0 aromatic carbocycles. The molecule has 0 heterocycles. The van der Waals surface area contributed by atoms with Crippen LogP contribution in [0.5, 0.6) is 0 Å². The quantitative estimate of drug-likeness (QED) is 0.0366. The summed E-state index contributed by atoms with van der Waals surface area (Å²) in [7, 11) is -3.74. The highest BCUT2D eigenvalue weighted by Gasteiger charge is 2.39. The van der Waals surface area contributed by atoms with E-state index in [0.717, 1.165) is 38.5 Å². The van der Waals surface area contributed by atoms with Crippen LogP contribution in [-0.4, -0.2) is 74.7 Å². The predicted octanol–water partition coefficient (Wildman–Crippen LogP) is 12.0. The molecular weight excluding hydrogens is 735 g/mol. The second-order valence-corrected chi connectivity index (χ2v) is 16.6. The highest BCUT2D eigenvalue weighted by molar-refractivity contribution is 7.53. The predicted molar refractivity (Wildman–Crippen MR) is 205 cm³/mol. The van der Waals surface area contributed by atoms with E-state index in [2.05, 4.69) is 13.8 Å². The van der Waals surface area contributed by atoms with Crippen LogP contribution >= 0.6 is 7.60 Å². The van der Waals surface area contributed by atoms with Crippen LogP contribution in [0.3, 0.4) is 0 Å². The molecule has 0 radical (unpaired) electrons. The van der Waals surface area contributed by atoms with Gasteiger partial charge in [-0.15, -0.1) is 0 Å². The van der Waals surface area contributed by atoms with Crippen molar-refractivity contribution in [2.75, 3.05) is 45.7 Å². The third kappa shape index (κ3) is 32.8. The van der Waals surface area contributed by atoms with Crippen molar-refractivity contribution < 1.29 is 49.5 Å². The minimum absolute atomic E-state index is 0.0498. The summed E-state index contributed by atoms with van der Waals surface area (Å²) in [5, 5.41) is 3.59. The Kier molecular flexibility index (Phi) is 32.9. The molecule has 15 heteroatoms. The van der Waals surface area contributed by atoms with Gasteiger partial charge in [0.25, 0.3) is 0 Å². The van der Waals surface area contributed by atoms with Crippen LogP contribution in [0.4, 0.5) is 26.3 Å². The van der Waals surface area contributed by atoms with Crippen LogP contribution in [0.25, 0.3) is 0 Å². The van der Waals surface area contributed by atoms with Crippen LogP contribution in [0.1, 0.15) is 181 Å². The Morgan fingerprint density at radius 1 is 0.481 bits per heavy atom. The number of unbranched alkanes of at least 4 members (excludes halogenated alkanes) is 22. The molecule has 0 aromatic heterocycles. The number of hydrogen-bond donors (Lipinski definition) is 2. The van der Waals surface area contributed by atoms with Crippen LogP contribution in [0, 0.1) is 0 Å². The summed E-state index contributed by atoms with van der Waals surface area (Å²) in [6.45, 7) is 4.33. The van der Waals surface area contributed by atoms with Gasteiger partial charge in [0.1, 0.15) is 6.29 Å². The van der Waals surface area contributed by atoms with E-state index in [1.807, 2.05) is 0 Å². The summed E-state index contributed by atoms with van der Waals surface area (Å²) in [5.74, 6) is -4.16. The fourth-order valence-corrected chi connectivity index (χ4v) is 7.95. The fourth-order valence-electron chi connectivity index (χ4n) is 6.12. The molecule has 322 valence electrons. The second kappa shape index (κ2) is 33.7. The zero-order valence-electron chi connectivity index (χ0n) is 33.5. The lowest BCUT2D eigenvalue weighted by Gasteiger charge is -2.27. The number of carbonyl (C=O) groups excluding carboxylic acids is 2. The van der Waals surface area contributed by atoms with Crippen molar-refractivity contribution in [3.05, 3.63) is 0 Å². The van der Waals surface area contributed by atoms with Crippen molar-refractivity contribution in [2.24, 2.45) is 0 Å². The number of alkyl halides is 6. The first kappa shape index (κ1) is 52.6. The maximum Gasteiger partial charge on any atom is 0.471 e. The summed E-state index contributed by atoms with van der Waals surface area (Å²) in [6.07, 6.45) is 17.4. The summed E-state index contributed by atoms with van der Waals surface area (Å²) in [6, 6.07) is 0. The lowest BCUT2D eigenvalue weighted by Crippen LogP contribution is -2.39. The van der Waals surface area contributed by atoms with E-state index in [0.29, 0.717) is 12.8 Å². The first-order valence-electron chi connectivity index (χ1n) is 21.1. The average Bonchev–Trinajstić information content (AvgIpc) is 3.11. The average molecular weight is 810 g/mol.